The topological polar surface area (TPSA) is 105 Å². The minimum absolute atomic E-state index is 0.0221. The van der Waals surface area contributed by atoms with Crippen molar-refractivity contribution in [3.05, 3.63) is 70.3 Å². The van der Waals surface area contributed by atoms with Crippen LogP contribution in [0.5, 0.6) is 11.5 Å². The Hall–Kier alpha value is -4.64. The summed E-state index contributed by atoms with van der Waals surface area (Å²) in [4.78, 5) is 44.0. The summed E-state index contributed by atoms with van der Waals surface area (Å²) in [5.41, 5.74) is 0.0451. The first-order valence-electron chi connectivity index (χ1n) is 16.3. The molecule has 4 heterocycles. The predicted octanol–water partition coefficient (Wildman–Crippen LogP) is 5.71. The maximum atomic E-state index is 16.3. The van der Waals surface area contributed by atoms with Crippen molar-refractivity contribution in [2.75, 3.05) is 38.1 Å². The summed E-state index contributed by atoms with van der Waals surface area (Å²) >= 11 is 0. The third kappa shape index (κ3) is 5.77. The van der Waals surface area contributed by atoms with E-state index in [-0.39, 0.29) is 34.5 Å². The maximum absolute atomic E-state index is 16.3. The smallest absolute Gasteiger partial charge is 0.407 e. The van der Waals surface area contributed by atoms with Gasteiger partial charge in [0.2, 0.25) is 5.43 Å². The number of aromatic nitrogens is 1. The number of anilines is 1. The van der Waals surface area contributed by atoms with Gasteiger partial charge in [0.15, 0.2) is 17.3 Å². The van der Waals surface area contributed by atoms with Crippen LogP contribution in [0.3, 0.4) is 0 Å². The van der Waals surface area contributed by atoms with Crippen LogP contribution in [0.2, 0.25) is 0 Å². The third-order valence-electron chi connectivity index (χ3n) is 9.31. The molecule has 3 aromatic carbocycles. The number of carbonyl (C=O) groups excluding carboxylic acids is 2. The highest BCUT2D eigenvalue weighted by molar-refractivity contribution is 6.02. The van der Waals surface area contributed by atoms with E-state index >= 15 is 4.39 Å². The van der Waals surface area contributed by atoms with Crippen molar-refractivity contribution in [1.82, 2.24) is 20.1 Å². The number of halogens is 1. The first-order valence-corrected chi connectivity index (χ1v) is 16.3. The first-order chi connectivity index (χ1) is 22.5. The van der Waals surface area contributed by atoms with Crippen LogP contribution in [0.15, 0.2) is 53.5 Å². The zero-order valence-electron chi connectivity index (χ0n) is 27.2. The van der Waals surface area contributed by atoms with Gasteiger partial charge in [-0.3, -0.25) is 9.59 Å². The summed E-state index contributed by atoms with van der Waals surface area (Å²) < 4.78 is 30.1. The van der Waals surface area contributed by atoms with Crippen LogP contribution in [-0.2, 0) is 4.74 Å². The molecule has 2 atom stereocenters. The lowest BCUT2D eigenvalue weighted by molar-refractivity contribution is 0.0508. The molecule has 0 spiro atoms. The highest BCUT2D eigenvalue weighted by Crippen LogP contribution is 2.48. The normalized spacial score (nSPS) is 19.2. The Bertz CT molecular complexity index is 1960. The SMILES string of the molecule is CN(C(=O)c1cn2c3c(c(N4CCC(NC(=O)OC(C)(C)C)C4)c(F)cc3c1=O)Oc1cc3ccccc3cc1-2)C1CCCCNC1. The summed E-state index contributed by atoms with van der Waals surface area (Å²) in [6.07, 6.45) is 4.48. The van der Waals surface area contributed by atoms with Crippen molar-refractivity contribution in [3.63, 3.8) is 0 Å². The van der Waals surface area contributed by atoms with Gasteiger partial charge in [-0.25, -0.2) is 9.18 Å². The highest BCUT2D eigenvalue weighted by atomic mass is 19.1. The maximum Gasteiger partial charge on any atom is 0.407 e. The second kappa shape index (κ2) is 11.9. The van der Waals surface area contributed by atoms with Crippen molar-refractivity contribution in [3.8, 4) is 17.2 Å². The van der Waals surface area contributed by atoms with E-state index in [1.54, 1.807) is 43.5 Å². The Morgan fingerprint density at radius 2 is 1.87 bits per heavy atom. The molecule has 2 fully saturated rings. The fraction of sp³-hybridized carbons (Fsp3) is 0.417. The largest absolute Gasteiger partial charge is 0.451 e. The van der Waals surface area contributed by atoms with E-state index in [2.05, 4.69) is 10.6 Å². The van der Waals surface area contributed by atoms with Gasteiger partial charge in [0.25, 0.3) is 5.91 Å². The predicted molar refractivity (Wildman–Crippen MR) is 180 cm³/mol. The van der Waals surface area contributed by atoms with E-state index in [1.165, 1.54) is 6.07 Å². The summed E-state index contributed by atoms with van der Waals surface area (Å²) in [5, 5.41) is 8.24. The average Bonchev–Trinajstić information content (AvgIpc) is 3.29. The third-order valence-corrected chi connectivity index (χ3v) is 9.31. The summed E-state index contributed by atoms with van der Waals surface area (Å²) in [6.45, 7) is 7.71. The Balaban J connectivity index is 1.35. The lowest BCUT2D eigenvalue weighted by Crippen LogP contribution is -2.44. The molecular weight excluding hydrogens is 601 g/mol. The molecule has 2 unspecified atom stereocenters. The van der Waals surface area contributed by atoms with Crippen LogP contribution in [0, 0.1) is 5.82 Å². The number of benzene rings is 3. The fourth-order valence-electron chi connectivity index (χ4n) is 6.98. The van der Waals surface area contributed by atoms with Gasteiger partial charge in [-0.05, 0) is 75.5 Å². The van der Waals surface area contributed by atoms with E-state index in [9.17, 15) is 14.4 Å². The molecule has 0 radical (unpaired) electrons. The van der Waals surface area contributed by atoms with E-state index in [0.29, 0.717) is 43.0 Å². The van der Waals surface area contributed by atoms with Crippen molar-refractivity contribution < 1.29 is 23.5 Å². The molecule has 3 aliphatic rings. The van der Waals surface area contributed by atoms with Crippen LogP contribution in [-0.4, -0.2) is 72.4 Å². The van der Waals surface area contributed by atoms with E-state index in [4.69, 9.17) is 9.47 Å². The second-order valence-corrected chi connectivity index (χ2v) is 13.8. The Kier molecular flexibility index (Phi) is 7.82. The van der Waals surface area contributed by atoms with Crippen molar-refractivity contribution in [2.24, 2.45) is 0 Å². The van der Waals surface area contributed by atoms with Crippen LogP contribution in [0.25, 0.3) is 27.4 Å². The molecule has 2 amide bonds. The molecule has 4 aromatic rings. The van der Waals surface area contributed by atoms with Crippen molar-refractivity contribution >= 4 is 39.4 Å². The number of carbonyl (C=O) groups is 2. The number of hydrogen-bond donors (Lipinski definition) is 2. The number of pyridine rings is 1. The van der Waals surface area contributed by atoms with E-state index in [0.717, 1.165) is 36.6 Å². The van der Waals surface area contributed by atoms with Gasteiger partial charge in [0.1, 0.15) is 22.4 Å². The summed E-state index contributed by atoms with van der Waals surface area (Å²) in [7, 11) is 1.73. The summed E-state index contributed by atoms with van der Waals surface area (Å²) in [6, 6.07) is 12.6. The number of ether oxygens (including phenoxy) is 2. The molecule has 0 aliphatic carbocycles. The zero-order valence-corrected chi connectivity index (χ0v) is 27.2. The number of amides is 2. The molecule has 10 nitrogen and oxygen atoms in total. The number of nitrogens with one attached hydrogen (secondary N) is 2. The van der Waals surface area contributed by atoms with Gasteiger partial charge in [-0.1, -0.05) is 30.7 Å². The van der Waals surface area contributed by atoms with Gasteiger partial charge in [0, 0.05) is 38.9 Å². The fourth-order valence-corrected chi connectivity index (χ4v) is 6.98. The molecule has 2 N–H and O–H groups in total. The molecular formula is C36H40FN5O5. The minimum Gasteiger partial charge on any atom is -0.451 e. The lowest BCUT2D eigenvalue weighted by Gasteiger charge is -2.30. The number of hydrogen-bond acceptors (Lipinski definition) is 7. The number of likely N-dealkylation sites (N-methyl/N-ethyl adjacent to an activating group) is 1. The number of rotatable bonds is 4. The Morgan fingerprint density at radius 1 is 1.11 bits per heavy atom. The van der Waals surface area contributed by atoms with Gasteiger partial charge < -0.3 is 34.5 Å². The monoisotopic (exact) mass is 641 g/mol. The first kappa shape index (κ1) is 31.0. The van der Waals surface area contributed by atoms with Crippen LogP contribution < -0.4 is 25.7 Å². The molecule has 0 bridgehead atoms. The van der Waals surface area contributed by atoms with Gasteiger partial charge in [-0.15, -0.1) is 0 Å². The quantitative estimate of drug-likeness (QED) is 0.259. The molecule has 0 saturated carbocycles. The Labute approximate surface area is 272 Å². The van der Waals surface area contributed by atoms with Gasteiger partial charge in [-0.2, -0.15) is 0 Å². The Morgan fingerprint density at radius 3 is 2.64 bits per heavy atom. The highest BCUT2D eigenvalue weighted by Gasteiger charge is 2.35. The molecule has 2 saturated heterocycles. The zero-order chi connectivity index (χ0) is 33.0. The van der Waals surface area contributed by atoms with Crippen molar-refractivity contribution in [2.45, 2.75) is 64.1 Å². The van der Waals surface area contributed by atoms with Gasteiger partial charge >= 0.3 is 6.09 Å². The minimum atomic E-state index is -0.645. The second-order valence-electron chi connectivity index (χ2n) is 13.8. The van der Waals surface area contributed by atoms with Crippen LogP contribution in [0.4, 0.5) is 14.9 Å². The summed E-state index contributed by atoms with van der Waals surface area (Å²) in [5.74, 6) is -0.345. The molecule has 47 heavy (non-hydrogen) atoms. The van der Waals surface area contributed by atoms with Crippen LogP contribution >= 0.6 is 0 Å². The van der Waals surface area contributed by atoms with E-state index < -0.39 is 28.8 Å². The number of alkyl carbamates (subject to hydrolysis) is 1. The molecule has 1 aromatic heterocycles. The lowest BCUT2D eigenvalue weighted by atomic mass is 10.0. The van der Waals surface area contributed by atoms with E-state index in [1.807, 2.05) is 41.3 Å². The number of fused-ring (bicyclic) bond motifs is 3. The molecule has 11 heteroatoms. The molecule has 7 rings (SSSR count). The molecule has 246 valence electrons. The van der Waals surface area contributed by atoms with Crippen LogP contribution in [0.1, 0.15) is 56.8 Å². The number of nitrogens with zero attached hydrogens (tertiary/aromatic N) is 3. The van der Waals surface area contributed by atoms with Crippen molar-refractivity contribution in [1.29, 1.82) is 0 Å². The van der Waals surface area contributed by atoms with Gasteiger partial charge in [0.05, 0.1) is 17.1 Å². The standard InChI is InChI=1S/C36H40FN5O5/c1-36(2,3)47-35(45)39-23-12-14-41(19-23)31-27(37)17-25-30-33(31)46-29-16-22-10-6-5-9-21(22)15-28(29)42(30)20-26(32(25)43)34(44)40(4)24-11-7-8-13-38-18-24/h5-6,9-10,15-17,20,23-24,38H,7-8,11-14,18-19H2,1-4H3,(H,39,45). The molecule has 3 aliphatic heterocycles. The average molecular weight is 642 g/mol.